The average Bonchev–Trinajstić information content (AvgIpc) is 2.75. The number of ether oxygens (including phenoxy) is 2. The summed E-state index contributed by atoms with van der Waals surface area (Å²) in [6, 6.07) is 11.3. The number of benzene rings is 2. The molecule has 1 heterocycles. The number of amides is 1. The third kappa shape index (κ3) is 7.42. The van der Waals surface area contributed by atoms with Gasteiger partial charge in [-0.25, -0.2) is 8.42 Å². The van der Waals surface area contributed by atoms with Crippen molar-refractivity contribution in [3.63, 3.8) is 0 Å². The lowest BCUT2D eigenvalue weighted by atomic mass is 10.2. The minimum Gasteiger partial charge on any atom is -0.406 e. The summed E-state index contributed by atoms with van der Waals surface area (Å²) in [5.41, 5.74) is 1.15. The van der Waals surface area contributed by atoms with Gasteiger partial charge in [0.2, 0.25) is 15.9 Å². The Kier molecular flexibility index (Phi) is 7.95. The third-order valence-electron chi connectivity index (χ3n) is 4.77. The summed E-state index contributed by atoms with van der Waals surface area (Å²) >= 11 is 0. The number of hydrogen-bond donors (Lipinski definition) is 1. The molecule has 8 nitrogen and oxygen atoms in total. The molecule has 1 N–H and O–H groups in total. The van der Waals surface area contributed by atoms with Crippen LogP contribution in [0.25, 0.3) is 0 Å². The van der Waals surface area contributed by atoms with Crippen LogP contribution in [-0.4, -0.2) is 69.8 Å². The van der Waals surface area contributed by atoms with Gasteiger partial charge in [0.15, 0.2) is 0 Å². The zero-order valence-electron chi connectivity index (χ0n) is 17.8. The van der Waals surface area contributed by atoms with Gasteiger partial charge < -0.3 is 14.8 Å². The number of halogens is 3. The normalized spacial score (nSPS) is 15.4. The third-order valence-corrected chi connectivity index (χ3v) is 6.68. The minimum absolute atomic E-state index is 0.0225. The Labute approximate surface area is 189 Å². The summed E-state index contributed by atoms with van der Waals surface area (Å²) in [4.78, 5) is 14.1. The molecule has 0 bridgehead atoms. The van der Waals surface area contributed by atoms with E-state index in [9.17, 15) is 26.4 Å². The second kappa shape index (κ2) is 10.5. The lowest BCUT2D eigenvalue weighted by molar-refractivity contribution is -0.274. The average molecular weight is 488 g/mol. The van der Waals surface area contributed by atoms with Gasteiger partial charge in [0.1, 0.15) is 5.75 Å². The molecule has 0 unspecified atom stereocenters. The van der Waals surface area contributed by atoms with Crippen molar-refractivity contribution in [1.82, 2.24) is 9.21 Å². The molecule has 0 spiro atoms. The number of anilines is 1. The van der Waals surface area contributed by atoms with Gasteiger partial charge in [-0.2, -0.15) is 4.31 Å². The molecular formula is C21H24F3N3O5S. The van der Waals surface area contributed by atoms with Crippen molar-refractivity contribution < 1.29 is 35.9 Å². The van der Waals surface area contributed by atoms with Crippen LogP contribution >= 0.6 is 0 Å². The number of likely N-dealkylation sites (N-methyl/N-ethyl adjacent to an activating group) is 1. The SMILES string of the molecule is CN(CC(=O)Nc1ccc(S(=O)(=O)N2CCOCC2)cc1)Cc1ccc(OC(F)(F)F)cc1. The van der Waals surface area contributed by atoms with Gasteiger partial charge in [0, 0.05) is 25.3 Å². The molecule has 1 fully saturated rings. The predicted molar refractivity (Wildman–Crippen MR) is 114 cm³/mol. The number of nitrogens with one attached hydrogen (secondary N) is 1. The number of rotatable bonds is 8. The summed E-state index contributed by atoms with van der Waals surface area (Å²) < 4.78 is 72.3. The number of nitrogens with zero attached hydrogens (tertiary/aromatic N) is 2. The van der Waals surface area contributed by atoms with Gasteiger partial charge in [-0.1, -0.05) is 12.1 Å². The van der Waals surface area contributed by atoms with E-state index in [-0.39, 0.29) is 23.1 Å². The Morgan fingerprint density at radius 2 is 1.70 bits per heavy atom. The summed E-state index contributed by atoms with van der Waals surface area (Å²) in [5, 5.41) is 2.70. The molecule has 0 atom stereocenters. The molecule has 2 aromatic carbocycles. The zero-order valence-corrected chi connectivity index (χ0v) is 18.7. The lowest BCUT2D eigenvalue weighted by Crippen LogP contribution is -2.40. The first kappa shape index (κ1) is 25.0. The van der Waals surface area contributed by atoms with Gasteiger partial charge in [0.25, 0.3) is 0 Å². The second-order valence-corrected chi connectivity index (χ2v) is 9.39. The zero-order chi connectivity index (χ0) is 24.1. The molecule has 1 aliphatic rings. The molecule has 12 heteroatoms. The van der Waals surface area contributed by atoms with Gasteiger partial charge in [-0.15, -0.1) is 13.2 Å². The van der Waals surface area contributed by atoms with Crippen molar-refractivity contribution in [3.05, 3.63) is 54.1 Å². The van der Waals surface area contributed by atoms with E-state index < -0.39 is 16.4 Å². The monoisotopic (exact) mass is 487 g/mol. The van der Waals surface area contributed by atoms with Gasteiger partial charge in [0.05, 0.1) is 24.7 Å². The maximum absolute atomic E-state index is 12.6. The fraction of sp³-hybridized carbons (Fsp3) is 0.381. The maximum Gasteiger partial charge on any atom is 0.573 e. The Morgan fingerprint density at radius 3 is 2.27 bits per heavy atom. The quantitative estimate of drug-likeness (QED) is 0.616. The molecule has 0 radical (unpaired) electrons. The van der Waals surface area contributed by atoms with Crippen molar-refractivity contribution in [2.24, 2.45) is 0 Å². The van der Waals surface area contributed by atoms with Crippen LogP contribution in [-0.2, 0) is 26.1 Å². The number of carbonyl (C=O) groups excluding carboxylic acids is 1. The Balaban J connectivity index is 1.51. The minimum atomic E-state index is -4.75. The molecule has 180 valence electrons. The van der Waals surface area contributed by atoms with Crippen molar-refractivity contribution in [2.45, 2.75) is 17.8 Å². The molecule has 0 saturated carbocycles. The topological polar surface area (TPSA) is 88.2 Å². The number of alkyl halides is 3. The molecule has 3 rings (SSSR count). The number of hydrogen-bond acceptors (Lipinski definition) is 6. The number of sulfonamides is 1. The lowest BCUT2D eigenvalue weighted by Gasteiger charge is -2.26. The van der Waals surface area contributed by atoms with E-state index in [1.807, 2.05) is 0 Å². The highest BCUT2D eigenvalue weighted by Gasteiger charge is 2.31. The van der Waals surface area contributed by atoms with Crippen LogP contribution in [0.5, 0.6) is 5.75 Å². The highest BCUT2D eigenvalue weighted by molar-refractivity contribution is 7.89. The van der Waals surface area contributed by atoms with Gasteiger partial charge >= 0.3 is 6.36 Å². The van der Waals surface area contributed by atoms with Crippen LogP contribution in [0.2, 0.25) is 0 Å². The summed E-state index contributed by atoms with van der Waals surface area (Å²) in [6.45, 7) is 1.65. The van der Waals surface area contributed by atoms with E-state index in [1.165, 1.54) is 52.8 Å². The van der Waals surface area contributed by atoms with Crippen molar-refractivity contribution in [2.75, 3.05) is 45.2 Å². The van der Waals surface area contributed by atoms with E-state index >= 15 is 0 Å². The van der Waals surface area contributed by atoms with Crippen LogP contribution < -0.4 is 10.1 Å². The first-order valence-corrected chi connectivity index (χ1v) is 11.5. The Hall–Kier alpha value is -2.67. The van der Waals surface area contributed by atoms with Crippen molar-refractivity contribution >= 4 is 21.6 Å². The molecule has 33 heavy (non-hydrogen) atoms. The molecule has 2 aromatic rings. The van der Waals surface area contributed by atoms with E-state index in [2.05, 4.69) is 10.1 Å². The maximum atomic E-state index is 12.6. The van der Waals surface area contributed by atoms with Crippen LogP contribution in [0.3, 0.4) is 0 Å². The molecule has 1 amide bonds. The fourth-order valence-corrected chi connectivity index (χ4v) is 4.66. The van der Waals surface area contributed by atoms with Gasteiger partial charge in [-0.3, -0.25) is 9.69 Å². The second-order valence-electron chi connectivity index (χ2n) is 7.45. The number of carbonyl (C=O) groups is 1. The fourth-order valence-electron chi connectivity index (χ4n) is 3.26. The van der Waals surface area contributed by atoms with Crippen LogP contribution in [0.1, 0.15) is 5.56 Å². The van der Waals surface area contributed by atoms with E-state index in [1.54, 1.807) is 11.9 Å². The highest BCUT2D eigenvalue weighted by atomic mass is 32.2. The Morgan fingerprint density at radius 1 is 1.09 bits per heavy atom. The first-order chi connectivity index (χ1) is 15.5. The molecule has 1 saturated heterocycles. The van der Waals surface area contributed by atoms with Gasteiger partial charge in [-0.05, 0) is 49.0 Å². The summed E-state index contributed by atoms with van der Waals surface area (Å²) in [7, 11) is -1.92. The smallest absolute Gasteiger partial charge is 0.406 e. The van der Waals surface area contributed by atoms with E-state index in [4.69, 9.17) is 4.74 Å². The van der Waals surface area contributed by atoms with Crippen LogP contribution in [0, 0.1) is 0 Å². The van der Waals surface area contributed by atoms with Crippen molar-refractivity contribution in [1.29, 1.82) is 0 Å². The highest BCUT2D eigenvalue weighted by Crippen LogP contribution is 2.23. The van der Waals surface area contributed by atoms with E-state index in [0.29, 0.717) is 44.1 Å². The molecule has 0 aliphatic carbocycles. The van der Waals surface area contributed by atoms with Crippen molar-refractivity contribution in [3.8, 4) is 5.75 Å². The molecule has 0 aromatic heterocycles. The number of morpholine rings is 1. The van der Waals surface area contributed by atoms with E-state index in [0.717, 1.165) is 0 Å². The molecule has 1 aliphatic heterocycles. The summed E-state index contributed by atoms with van der Waals surface area (Å²) in [5.74, 6) is -0.635. The van der Waals surface area contributed by atoms with Crippen LogP contribution in [0.15, 0.2) is 53.4 Å². The standard InChI is InChI=1S/C21H24F3N3O5S/c1-26(14-16-2-6-18(7-3-16)32-21(22,23)24)15-20(28)25-17-4-8-19(9-5-17)33(29,30)27-10-12-31-13-11-27/h2-9H,10-15H2,1H3,(H,25,28). The molecular weight excluding hydrogens is 463 g/mol. The first-order valence-electron chi connectivity index (χ1n) is 10.0. The largest absolute Gasteiger partial charge is 0.573 e. The predicted octanol–water partition coefficient (Wildman–Crippen LogP) is 2.68. The van der Waals surface area contributed by atoms with Crippen LogP contribution in [0.4, 0.5) is 18.9 Å². The summed E-state index contributed by atoms with van der Waals surface area (Å²) in [6.07, 6.45) is -4.75. The Bertz CT molecular complexity index is 1040.